The molecule has 0 fully saturated rings. The molecule has 172 valence electrons. The molecule has 0 atom stereocenters. The fourth-order valence-electron chi connectivity index (χ4n) is 3.94. The highest BCUT2D eigenvalue weighted by atomic mass is 35.5. The smallest absolute Gasteiger partial charge is 0.258 e. The lowest BCUT2D eigenvalue weighted by molar-refractivity contribution is 0.355. The Bertz CT molecular complexity index is 1590. The summed E-state index contributed by atoms with van der Waals surface area (Å²) in [6.07, 6.45) is 3.42. The van der Waals surface area contributed by atoms with E-state index in [-0.39, 0.29) is 5.56 Å². The Labute approximate surface area is 199 Å². The predicted octanol–water partition coefficient (Wildman–Crippen LogP) is 5.27. The van der Waals surface area contributed by atoms with Crippen molar-refractivity contribution in [1.82, 2.24) is 14.4 Å². The van der Waals surface area contributed by atoms with Crippen molar-refractivity contribution < 1.29 is 14.2 Å². The van der Waals surface area contributed by atoms with Gasteiger partial charge in [-0.25, -0.2) is 4.98 Å². The van der Waals surface area contributed by atoms with Gasteiger partial charge in [0.25, 0.3) is 5.56 Å². The zero-order valence-corrected chi connectivity index (χ0v) is 19.4. The average molecular weight is 477 g/mol. The van der Waals surface area contributed by atoms with E-state index in [0.29, 0.717) is 50.4 Å². The molecule has 5 rings (SSSR count). The summed E-state index contributed by atoms with van der Waals surface area (Å²) in [4.78, 5) is 20.7. The van der Waals surface area contributed by atoms with Gasteiger partial charge in [-0.05, 0) is 47.9 Å². The number of H-pyrrole nitrogens is 1. The van der Waals surface area contributed by atoms with Crippen LogP contribution in [-0.2, 0) is 0 Å². The van der Waals surface area contributed by atoms with Gasteiger partial charge in [0.1, 0.15) is 22.9 Å². The molecule has 0 aliphatic carbocycles. The van der Waals surface area contributed by atoms with Crippen LogP contribution in [0, 0.1) is 0 Å². The van der Waals surface area contributed by atoms with Gasteiger partial charge in [-0.1, -0.05) is 11.6 Å². The summed E-state index contributed by atoms with van der Waals surface area (Å²) in [5.74, 6) is 2.38. The molecule has 0 aliphatic heterocycles. The highest BCUT2D eigenvalue weighted by Crippen LogP contribution is 2.37. The molecule has 3 heterocycles. The summed E-state index contributed by atoms with van der Waals surface area (Å²) in [6.45, 7) is 0. The average Bonchev–Trinajstić information content (AvgIpc) is 3.20. The van der Waals surface area contributed by atoms with E-state index in [1.165, 1.54) is 0 Å². The number of hydrogen-bond acceptors (Lipinski definition) is 6. The van der Waals surface area contributed by atoms with Crippen molar-refractivity contribution in [3.8, 4) is 28.5 Å². The number of aromatic nitrogens is 3. The number of methoxy groups -OCH3 is 3. The normalized spacial score (nSPS) is 11.1. The molecular formula is C25H21ClN4O4. The minimum absolute atomic E-state index is 0.273. The van der Waals surface area contributed by atoms with E-state index < -0.39 is 0 Å². The van der Waals surface area contributed by atoms with Crippen molar-refractivity contribution in [2.75, 3.05) is 26.6 Å². The lowest BCUT2D eigenvalue weighted by Gasteiger charge is -2.13. The maximum atomic E-state index is 13.1. The molecule has 9 heteroatoms. The molecule has 3 aromatic heterocycles. The molecule has 0 radical (unpaired) electrons. The van der Waals surface area contributed by atoms with Crippen LogP contribution in [-0.4, -0.2) is 35.7 Å². The number of pyridine rings is 2. The Morgan fingerprint density at radius 3 is 2.56 bits per heavy atom. The standard InChI is InChI=1S/C25H21ClN4O4/c1-32-17-7-4-14-12-27-25(31)22(18(14)11-17)23-24(30-13-15(26)5-9-21(30)29-23)28-16-6-8-19(33-2)20(10-16)34-3/h4-13,28H,1-3H3,(H,27,31). The van der Waals surface area contributed by atoms with E-state index in [1.54, 1.807) is 51.9 Å². The van der Waals surface area contributed by atoms with Crippen molar-refractivity contribution in [3.05, 3.63) is 76.3 Å². The Morgan fingerprint density at radius 2 is 1.79 bits per heavy atom. The summed E-state index contributed by atoms with van der Waals surface area (Å²) >= 11 is 6.30. The van der Waals surface area contributed by atoms with Gasteiger partial charge in [0.05, 0.1) is 31.9 Å². The second kappa shape index (κ2) is 8.64. The lowest BCUT2D eigenvalue weighted by atomic mass is 10.0. The fraction of sp³-hybridized carbons (Fsp3) is 0.120. The number of imidazole rings is 1. The molecule has 0 aliphatic rings. The highest BCUT2D eigenvalue weighted by Gasteiger charge is 2.21. The van der Waals surface area contributed by atoms with Crippen LogP contribution in [0.1, 0.15) is 0 Å². The summed E-state index contributed by atoms with van der Waals surface area (Å²) in [6, 6.07) is 14.6. The van der Waals surface area contributed by atoms with Gasteiger partial charge in [-0.3, -0.25) is 9.20 Å². The number of nitrogens with zero attached hydrogens (tertiary/aromatic N) is 2. The second-order valence-electron chi connectivity index (χ2n) is 7.53. The van der Waals surface area contributed by atoms with Crippen LogP contribution < -0.4 is 25.1 Å². The van der Waals surface area contributed by atoms with Gasteiger partial charge in [-0.2, -0.15) is 0 Å². The second-order valence-corrected chi connectivity index (χ2v) is 7.96. The molecule has 0 saturated heterocycles. The van der Waals surface area contributed by atoms with E-state index in [1.807, 2.05) is 34.7 Å². The fourth-order valence-corrected chi connectivity index (χ4v) is 4.10. The van der Waals surface area contributed by atoms with Gasteiger partial charge in [0, 0.05) is 29.5 Å². The lowest BCUT2D eigenvalue weighted by Crippen LogP contribution is -2.10. The van der Waals surface area contributed by atoms with E-state index in [4.69, 9.17) is 30.8 Å². The Kier molecular flexibility index (Phi) is 5.51. The van der Waals surface area contributed by atoms with Gasteiger partial charge in [0.2, 0.25) is 0 Å². The van der Waals surface area contributed by atoms with Crippen LogP contribution in [0.2, 0.25) is 5.02 Å². The molecular weight excluding hydrogens is 456 g/mol. The number of hydrogen-bond donors (Lipinski definition) is 2. The zero-order valence-electron chi connectivity index (χ0n) is 18.7. The SMILES string of the molecule is COc1ccc2c[nH]c(=O)c(-c3nc4ccc(Cl)cn4c3Nc3ccc(OC)c(OC)c3)c2c1. The van der Waals surface area contributed by atoms with E-state index >= 15 is 0 Å². The van der Waals surface area contributed by atoms with Crippen molar-refractivity contribution in [2.24, 2.45) is 0 Å². The number of rotatable bonds is 6. The zero-order chi connectivity index (χ0) is 23.8. The summed E-state index contributed by atoms with van der Waals surface area (Å²) in [7, 11) is 4.74. The number of benzene rings is 2. The molecule has 0 unspecified atom stereocenters. The van der Waals surface area contributed by atoms with E-state index in [9.17, 15) is 4.79 Å². The molecule has 0 amide bonds. The molecule has 8 nitrogen and oxygen atoms in total. The topological polar surface area (TPSA) is 89.9 Å². The van der Waals surface area contributed by atoms with Crippen molar-refractivity contribution in [3.63, 3.8) is 0 Å². The monoisotopic (exact) mass is 476 g/mol. The number of aromatic amines is 1. The molecule has 0 saturated carbocycles. The predicted molar refractivity (Wildman–Crippen MR) is 133 cm³/mol. The van der Waals surface area contributed by atoms with Gasteiger partial charge in [0.15, 0.2) is 11.5 Å². The molecule has 2 N–H and O–H groups in total. The van der Waals surface area contributed by atoms with Gasteiger partial charge >= 0.3 is 0 Å². The van der Waals surface area contributed by atoms with Crippen LogP contribution in [0.3, 0.4) is 0 Å². The summed E-state index contributed by atoms with van der Waals surface area (Å²) < 4.78 is 18.0. The maximum Gasteiger partial charge on any atom is 0.258 e. The molecule has 34 heavy (non-hydrogen) atoms. The first-order valence-corrected chi connectivity index (χ1v) is 10.8. The van der Waals surface area contributed by atoms with Crippen LogP contribution in [0.25, 0.3) is 27.7 Å². The van der Waals surface area contributed by atoms with Gasteiger partial charge in [-0.15, -0.1) is 0 Å². The van der Waals surface area contributed by atoms with Crippen LogP contribution >= 0.6 is 11.6 Å². The van der Waals surface area contributed by atoms with Crippen LogP contribution in [0.15, 0.2) is 65.7 Å². The highest BCUT2D eigenvalue weighted by molar-refractivity contribution is 6.30. The summed E-state index contributed by atoms with van der Waals surface area (Å²) in [5.41, 5.74) is 1.96. The molecule has 0 bridgehead atoms. The first-order valence-electron chi connectivity index (χ1n) is 10.4. The number of ether oxygens (including phenoxy) is 3. The molecule has 2 aromatic carbocycles. The number of halogens is 1. The Morgan fingerprint density at radius 1 is 0.971 bits per heavy atom. The van der Waals surface area contributed by atoms with Crippen molar-refractivity contribution in [1.29, 1.82) is 0 Å². The first kappa shape index (κ1) is 21.7. The maximum absolute atomic E-state index is 13.1. The minimum Gasteiger partial charge on any atom is -0.497 e. The van der Waals surface area contributed by atoms with Crippen LogP contribution in [0.5, 0.6) is 17.2 Å². The largest absolute Gasteiger partial charge is 0.497 e. The minimum atomic E-state index is -0.273. The third-order valence-corrected chi connectivity index (χ3v) is 5.80. The quantitative estimate of drug-likeness (QED) is 0.347. The molecule has 0 spiro atoms. The van der Waals surface area contributed by atoms with Gasteiger partial charge < -0.3 is 24.5 Å². The van der Waals surface area contributed by atoms with E-state index in [2.05, 4.69) is 10.3 Å². The third kappa shape index (κ3) is 3.68. The van der Waals surface area contributed by atoms with E-state index in [0.717, 1.165) is 11.1 Å². The Balaban J connectivity index is 1.78. The first-order chi connectivity index (χ1) is 16.5. The summed E-state index contributed by atoms with van der Waals surface area (Å²) in [5, 5.41) is 5.48. The van der Waals surface area contributed by atoms with Crippen molar-refractivity contribution in [2.45, 2.75) is 0 Å². The van der Waals surface area contributed by atoms with Crippen molar-refractivity contribution >= 4 is 39.5 Å². The molecule has 5 aromatic rings. The third-order valence-electron chi connectivity index (χ3n) is 5.58. The number of fused-ring (bicyclic) bond motifs is 2. The Hall–Kier alpha value is -4.17. The number of nitrogens with one attached hydrogen (secondary N) is 2. The number of anilines is 2. The van der Waals surface area contributed by atoms with Crippen LogP contribution in [0.4, 0.5) is 11.5 Å².